The molecule has 0 fully saturated rings. The fourth-order valence-electron chi connectivity index (χ4n) is 1.56. The minimum Gasteiger partial charge on any atom is -0.367 e. The monoisotopic (exact) mass is 228 g/mol. The van der Waals surface area contributed by atoms with Gasteiger partial charge >= 0.3 is 0 Å². The lowest BCUT2D eigenvalue weighted by atomic mass is 10.1. The number of fused-ring (bicyclic) bond motifs is 1. The van der Waals surface area contributed by atoms with E-state index in [0.717, 1.165) is 21.5 Å². The van der Waals surface area contributed by atoms with Crippen LogP contribution in [0.15, 0.2) is 36.5 Å². The first-order valence-electron chi connectivity index (χ1n) is 4.77. The van der Waals surface area contributed by atoms with E-state index in [0.29, 0.717) is 5.95 Å². The molecule has 3 rings (SSSR count). The van der Waals surface area contributed by atoms with Gasteiger partial charge in [0.1, 0.15) is 5.01 Å². The van der Waals surface area contributed by atoms with Crippen LogP contribution in [0.1, 0.15) is 0 Å². The van der Waals surface area contributed by atoms with E-state index in [4.69, 9.17) is 5.73 Å². The Hall–Kier alpha value is -2.01. The normalized spacial score (nSPS) is 10.8. The van der Waals surface area contributed by atoms with E-state index in [2.05, 4.69) is 14.3 Å². The van der Waals surface area contributed by atoms with Gasteiger partial charge in [-0.15, -0.1) is 0 Å². The highest BCUT2D eigenvalue weighted by Gasteiger charge is 2.04. The van der Waals surface area contributed by atoms with Gasteiger partial charge in [0, 0.05) is 17.1 Å². The molecule has 0 radical (unpaired) electrons. The number of hydrogen-bond acceptors (Lipinski definition) is 5. The topological polar surface area (TPSA) is 64.7 Å². The maximum atomic E-state index is 5.50. The maximum Gasteiger partial charge on any atom is 0.232 e. The van der Waals surface area contributed by atoms with Crippen LogP contribution in [0.25, 0.3) is 21.5 Å². The second-order valence-corrected chi connectivity index (χ2v) is 4.12. The average molecular weight is 228 g/mol. The van der Waals surface area contributed by atoms with E-state index < -0.39 is 0 Å². The molecule has 0 unspecified atom stereocenters. The number of rotatable bonds is 1. The molecule has 0 saturated heterocycles. The summed E-state index contributed by atoms with van der Waals surface area (Å²) in [4.78, 5) is 8.42. The van der Waals surface area contributed by atoms with E-state index in [-0.39, 0.29) is 0 Å². The standard InChI is InChI=1S/C11H8N4S/c12-11-14-10(16-15-11)8-3-4-9-7(6-8)2-1-5-13-9/h1-6H,(H2,12,15). The predicted molar refractivity (Wildman–Crippen MR) is 65.1 cm³/mol. The highest BCUT2D eigenvalue weighted by molar-refractivity contribution is 7.09. The first-order chi connectivity index (χ1) is 7.83. The van der Waals surface area contributed by atoms with Crippen molar-refractivity contribution in [2.45, 2.75) is 0 Å². The van der Waals surface area contributed by atoms with Crippen LogP contribution in [0, 0.1) is 0 Å². The Balaban J connectivity index is 2.18. The van der Waals surface area contributed by atoms with Gasteiger partial charge in [-0.25, -0.2) is 0 Å². The zero-order chi connectivity index (χ0) is 11.0. The molecular formula is C11H8N4S. The molecule has 78 valence electrons. The molecule has 0 bridgehead atoms. The minimum atomic E-state index is 0.325. The number of anilines is 1. The smallest absolute Gasteiger partial charge is 0.232 e. The van der Waals surface area contributed by atoms with Gasteiger partial charge < -0.3 is 5.73 Å². The fraction of sp³-hybridized carbons (Fsp3) is 0. The molecule has 0 aliphatic heterocycles. The van der Waals surface area contributed by atoms with E-state index in [1.54, 1.807) is 6.20 Å². The number of hydrogen-bond donors (Lipinski definition) is 1. The van der Waals surface area contributed by atoms with Crippen LogP contribution in [0.4, 0.5) is 5.95 Å². The average Bonchev–Trinajstić information content (AvgIpc) is 2.75. The van der Waals surface area contributed by atoms with Crippen molar-refractivity contribution in [3.05, 3.63) is 36.5 Å². The Morgan fingerprint density at radius 2 is 2.12 bits per heavy atom. The van der Waals surface area contributed by atoms with Gasteiger partial charge in [0.15, 0.2) is 0 Å². The van der Waals surface area contributed by atoms with Gasteiger partial charge in [-0.3, -0.25) is 4.98 Å². The van der Waals surface area contributed by atoms with Gasteiger partial charge in [-0.2, -0.15) is 9.36 Å². The maximum absolute atomic E-state index is 5.50. The van der Waals surface area contributed by atoms with E-state index in [1.165, 1.54) is 11.5 Å². The fourth-order valence-corrected chi connectivity index (χ4v) is 2.15. The summed E-state index contributed by atoms with van der Waals surface area (Å²) in [7, 11) is 0. The van der Waals surface area contributed by atoms with Gasteiger partial charge in [0.05, 0.1) is 5.52 Å². The van der Waals surface area contributed by atoms with Crippen LogP contribution in [0.5, 0.6) is 0 Å². The summed E-state index contributed by atoms with van der Waals surface area (Å²) >= 11 is 1.30. The highest BCUT2D eigenvalue weighted by atomic mass is 32.1. The molecule has 2 N–H and O–H groups in total. The molecule has 0 aliphatic carbocycles. The molecule has 0 spiro atoms. The van der Waals surface area contributed by atoms with Crippen molar-refractivity contribution in [1.29, 1.82) is 0 Å². The van der Waals surface area contributed by atoms with Crippen LogP contribution in [-0.4, -0.2) is 14.3 Å². The molecule has 0 atom stereocenters. The number of pyridine rings is 1. The molecule has 0 aliphatic rings. The molecule has 5 heteroatoms. The Labute approximate surface area is 96.0 Å². The van der Waals surface area contributed by atoms with Gasteiger partial charge in [-0.05, 0) is 35.8 Å². The Morgan fingerprint density at radius 1 is 1.19 bits per heavy atom. The van der Waals surface area contributed by atoms with Crippen molar-refractivity contribution in [2.24, 2.45) is 0 Å². The molecule has 2 heterocycles. The summed E-state index contributed by atoms with van der Waals surface area (Å²) in [6.45, 7) is 0. The lowest BCUT2D eigenvalue weighted by Crippen LogP contribution is -1.85. The van der Waals surface area contributed by atoms with Crippen molar-refractivity contribution < 1.29 is 0 Å². The molecule has 16 heavy (non-hydrogen) atoms. The first kappa shape index (κ1) is 9.23. The van der Waals surface area contributed by atoms with Crippen molar-refractivity contribution >= 4 is 28.4 Å². The molecule has 4 nitrogen and oxygen atoms in total. The summed E-state index contributed by atoms with van der Waals surface area (Å²) in [6.07, 6.45) is 1.78. The summed E-state index contributed by atoms with van der Waals surface area (Å²) in [5.74, 6) is 0.325. The Morgan fingerprint density at radius 3 is 2.94 bits per heavy atom. The third kappa shape index (κ3) is 1.51. The van der Waals surface area contributed by atoms with Gasteiger partial charge in [-0.1, -0.05) is 6.07 Å². The third-order valence-corrected chi connectivity index (χ3v) is 3.07. The molecule has 2 aromatic heterocycles. The van der Waals surface area contributed by atoms with Crippen LogP contribution >= 0.6 is 11.5 Å². The third-order valence-electron chi connectivity index (χ3n) is 2.29. The zero-order valence-electron chi connectivity index (χ0n) is 8.29. The Kier molecular flexibility index (Phi) is 2.04. The van der Waals surface area contributed by atoms with Crippen molar-refractivity contribution in [2.75, 3.05) is 5.73 Å². The van der Waals surface area contributed by atoms with Crippen LogP contribution in [0.2, 0.25) is 0 Å². The Bertz CT molecular complexity index is 647. The van der Waals surface area contributed by atoms with Gasteiger partial charge in [0.25, 0.3) is 0 Å². The molecule has 1 aromatic carbocycles. The van der Waals surface area contributed by atoms with Crippen molar-refractivity contribution in [3.63, 3.8) is 0 Å². The molecule has 3 aromatic rings. The predicted octanol–water partition coefficient (Wildman–Crippen LogP) is 2.34. The molecule has 0 amide bonds. The lowest BCUT2D eigenvalue weighted by Gasteiger charge is -1.98. The van der Waals surface area contributed by atoms with E-state index in [1.807, 2.05) is 30.3 Å². The first-order valence-corrected chi connectivity index (χ1v) is 5.54. The molecule has 0 saturated carbocycles. The zero-order valence-corrected chi connectivity index (χ0v) is 9.11. The molecular weight excluding hydrogens is 220 g/mol. The quantitative estimate of drug-likeness (QED) is 0.694. The van der Waals surface area contributed by atoms with Crippen molar-refractivity contribution in [3.8, 4) is 10.6 Å². The van der Waals surface area contributed by atoms with Crippen LogP contribution < -0.4 is 5.73 Å². The van der Waals surface area contributed by atoms with Gasteiger partial charge in [0.2, 0.25) is 5.95 Å². The second kappa shape index (κ2) is 3.53. The lowest BCUT2D eigenvalue weighted by molar-refractivity contribution is 1.34. The summed E-state index contributed by atoms with van der Waals surface area (Å²) in [5.41, 5.74) is 7.50. The van der Waals surface area contributed by atoms with E-state index >= 15 is 0 Å². The second-order valence-electron chi connectivity index (χ2n) is 3.37. The summed E-state index contributed by atoms with van der Waals surface area (Å²) < 4.78 is 3.97. The highest BCUT2D eigenvalue weighted by Crippen LogP contribution is 2.25. The van der Waals surface area contributed by atoms with Crippen LogP contribution in [-0.2, 0) is 0 Å². The largest absolute Gasteiger partial charge is 0.367 e. The minimum absolute atomic E-state index is 0.325. The SMILES string of the molecule is Nc1nsc(-c2ccc3ncccc3c2)n1. The van der Waals surface area contributed by atoms with Crippen molar-refractivity contribution in [1.82, 2.24) is 14.3 Å². The van der Waals surface area contributed by atoms with Crippen LogP contribution in [0.3, 0.4) is 0 Å². The number of nitrogen functional groups attached to an aromatic ring is 1. The summed E-state index contributed by atoms with van der Waals surface area (Å²) in [5, 5.41) is 1.93. The number of nitrogens with two attached hydrogens (primary N) is 1. The number of aromatic nitrogens is 3. The number of benzene rings is 1. The summed E-state index contributed by atoms with van der Waals surface area (Å²) in [6, 6.07) is 9.94. The number of nitrogens with zero attached hydrogens (tertiary/aromatic N) is 3. The van der Waals surface area contributed by atoms with E-state index in [9.17, 15) is 0 Å².